The Balaban J connectivity index is 2.20. The number of hydrogen-bond acceptors (Lipinski definition) is 4. The number of methoxy groups -OCH3 is 1. The third kappa shape index (κ3) is 5.25. The summed E-state index contributed by atoms with van der Waals surface area (Å²) < 4.78 is 31.1. The summed E-state index contributed by atoms with van der Waals surface area (Å²) in [7, 11) is -2.04. The number of hydrogen-bond donors (Lipinski definition) is 1. The number of ether oxygens (including phenoxy) is 1. The van der Waals surface area contributed by atoms with Gasteiger partial charge in [0.05, 0.1) is 25.1 Å². The lowest BCUT2D eigenvalue weighted by atomic mass is 10.1. The maximum absolute atomic E-state index is 12.8. The number of carbonyl (C=O) groups is 1. The van der Waals surface area contributed by atoms with Gasteiger partial charge in [0, 0.05) is 0 Å². The van der Waals surface area contributed by atoms with Gasteiger partial charge in [-0.3, -0.25) is 9.10 Å². The van der Waals surface area contributed by atoms with Gasteiger partial charge in [-0.15, -0.1) is 0 Å². The predicted molar refractivity (Wildman–Crippen MR) is 112 cm³/mol. The Kier molecular flexibility index (Phi) is 7.07. The van der Waals surface area contributed by atoms with E-state index in [2.05, 4.69) is 5.32 Å². The summed E-state index contributed by atoms with van der Waals surface area (Å²) in [5, 5.41) is 2.89. The number of aryl methyl sites for hydroxylation is 1. The summed E-state index contributed by atoms with van der Waals surface area (Å²) >= 11 is 0. The molecular weight excluding hydrogens is 376 g/mol. The smallest absolute Gasteiger partial charge is 0.244 e. The summed E-state index contributed by atoms with van der Waals surface area (Å²) in [6, 6.07) is 13.4. The van der Waals surface area contributed by atoms with Crippen molar-refractivity contribution in [3.63, 3.8) is 0 Å². The highest BCUT2D eigenvalue weighted by Crippen LogP contribution is 2.23. The Labute approximate surface area is 167 Å². The average molecular weight is 405 g/mol. The molecule has 7 heteroatoms. The van der Waals surface area contributed by atoms with Gasteiger partial charge in [0.1, 0.15) is 11.8 Å². The Hall–Kier alpha value is -2.54. The molecule has 0 unspecified atom stereocenters. The van der Waals surface area contributed by atoms with Crippen LogP contribution in [0.5, 0.6) is 5.75 Å². The number of anilines is 1. The van der Waals surface area contributed by atoms with E-state index in [9.17, 15) is 13.2 Å². The van der Waals surface area contributed by atoms with Crippen LogP contribution in [-0.2, 0) is 21.2 Å². The lowest BCUT2D eigenvalue weighted by Gasteiger charge is -2.29. The van der Waals surface area contributed by atoms with E-state index < -0.39 is 16.1 Å². The zero-order valence-corrected chi connectivity index (χ0v) is 17.8. The van der Waals surface area contributed by atoms with Crippen molar-refractivity contribution >= 4 is 21.6 Å². The van der Waals surface area contributed by atoms with Gasteiger partial charge in [-0.1, -0.05) is 31.2 Å². The van der Waals surface area contributed by atoms with E-state index in [1.165, 1.54) is 0 Å². The van der Waals surface area contributed by atoms with Gasteiger partial charge in [0.15, 0.2) is 0 Å². The summed E-state index contributed by atoms with van der Waals surface area (Å²) in [6.07, 6.45) is 1.96. The van der Waals surface area contributed by atoms with Gasteiger partial charge in [0.25, 0.3) is 0 Å². The minimum Gasteiger partial charge on any atom is -0.497 e. The molecule has 1 amide bonds. The highest BCUT2D eigenvalue weighted by molar-refractivity contribution is 7.92. The van der Waals surface area contributed by atoms with Crippen LogP contribution >= 0.6 is 0 Å². The molecule has 0 saturated heterocycles. The zero-order chi connectivity index (χ0) is 20.9. The van der Waals surface area contributed by atoms with Crippen molar-refractivity contribution in [2.75, 3.05) is 17.7 Å². The van der Waals surface area contributed by atoms with E-state index in [0.29, 0.717) is 5.69 Å². The molecule has 0 fully saturated rings. The normalized spacial score (nSPS) is 13.5. The number of rotatable bonds is 8. The molecule has 0 bridgehead atoms. The lowest BCUT2D eigenvalue weighted by molar-refractivity contribution is -0.122. The molecule has 152 valence electrons. The Morgan fingerprint density at radius 2 is 1.64 bits per heavy atom. The molecule has 2 rings (SSSR count). The summed E-state index contributed by atoms with van der Waals surface area (Å²) in [5.74, 6) is 0.364. The molecule has 0 aliphatic heterocycles. The van der Waals surface area contributed by atoms with Crippen molar-refractivity contribution in [1.82, 2.24) is 5.32 Å². The van der Waals surface area contributed by atoms with Gasteiger partial charge < -0.3 is 10.1 Å². The van der Waals surface area contributed by atoms with Crippen molar-refractivity contribution in [1.29, 1.82) is 0 Å². The summed E-state index contributed by atoms with van der Waals surface area (Å²) in [5.41, 5.74) is 2.47. The first-order chi connectivity index (χ1) is 13.2. The second-order valence-electron chi connectivity index (χ2n) is 6.76. The second kappa shape index (κ2) is 9.10. The molecule has 6 nitrogen and oxygen atoms in total. The highest BCUT2D eigenvalue weighted by atomic mass is 32.2. The topological polar surface area (TPSA) is 75.7 Å². The van der Waals surface area contributed by atoms with E-state index >= 15 is 0 Å². The molecule has 0 spiro atoms. The SMILES string of the molecule is CCc1ccc(N([C@H](C)C(=O)N[C@@H](C)c2ccc(OC)cc2)S(C)(=O)=O)cc1. The van der Waals surface area contributed by atoms with Crippen molar-refractivity contribution in [3.05, 3.63) is 59.7 Å². The first-order valence-electron chi connectivity index (χ1n) is 9.20. The number of amides is 1. The van der Waals surface area contributed by atoms with Crippen LogP contribution in [0.2, 0.25) is 0 Å². The average Bonchev–Trinajstić information content (AvgIpc) is 2.67. The van der Waals surface area contributed by atoms with Gasteiger partial charge >= 0.3 is 0 Å². The van der Waals surface area contributed by atoms with Crippen LogP contribution in [0.25, 0.3) is 0 Å². The van der Waals surface area contributed by atoms with Gasteiger partial charge in [-0.25, -0.2) is 8.42 Å². The van der Waals surface area contributed by atoms with E-state index in [1.807, 2.05) is 50.2 Å². The molecule has 0 aliphatic carbocycles. The van der Waals surface area contributed by atoms with E-state index in [4.69, 9.17) is 4.74 Å². The first-order valence-corrected chi connectivity index (χ1v) is 11.0. The lowest BCUT2D eigenvalue weighted by Crippen LogP contribution is -2.48. The molecule has 0 heterocycles. The van der Waals surface area contributed by atoms with E-state index in [1.54, 1.807) is 26.2 Å². The second-order valence-corrected chi connectivity index (χ2v) is 8.62. The van der Waals surface area contributed by atoms with Gasteiger partial charge in [0.2, 0.25) is 15.9 Å². The predicted octanol–water partition coefficient (Wildman–Crippen LogP) is 3.29. The quantitative estimate of drug-likeness (QED) is 0.733. The molecule has 1 N–H and O–H groups in total. The largest absolute Gasteiger partial charge is 0.497 e. The fraction of sp³-hybridized carbons (Fsp3) is 0.381. The minimum atomic E-state index is -3.64. The number of nitrogens with one attached hydrogen (secondary N) is 1. The molecule has 0 aromatic heterocycles. The van der Waals surface area contributed by atoms with Crippen molar-refractivity contribution in [2.24, 2.45) is 0 Å². The number of benzene rings is 2. The third-order valence-electron chi connectivity index (χ3n) is 4.66. The van der Waals surface area contributed by atoms with Crippen molar-refractivity contribution in [3.8, 4) is 5.75 Å². The van der Waals surface area contributed by atoms with E-state index in [0.717, 1.165) is 33.9 Å². The third-order valence-corrected chi connectivity index (χ3v) is 5.90. The Morgan fingerprint density at radius 3 is 2.11 bits per heavy atom. The zero-order valence-electron chi connectivity index (χ0n) is 17.0. The Morgan fingerprint density at radius 1 is 1.07 bits per heavy atom. The van der Waals surface area contributed by atoms with Crippen LogP contribution in [-0.4, -0.2) is 33.7 Å². The standard InChI is InChI=1S/C21H28N2O4S/c1-6-17-7-11-19(12-8-17)23(28(5,25)26)16(3)21(24)22-15(2)18-9-13-20(27-4)14-10-18/h7-16H,6H2,1-5H3,(H,22,24)/t15-,16+/m0/s1. The number of sulfonamides is 1. The van der Waals surface area contributed by atoms with Crippen LogP contribution < -0.4 is 14.4 Å². The van der Waals surface area contributed by atoms with Crippen LogP contribution in [0.15, 0.2) is 48.5 Å². The first kappa shape index (κ1) is 21.8. The van der Waals surface area contributed by atoms with E-state index in [-0.39, 0.29) is 11.9 Å². The van der Waals surface area contributed by atoms with Crippen molar-refractivity contribution < 1.29 is 17.9 Å². The molecule has 2 aromatic rings. The fourth-order valence-electron chi connectivity index (χ4n) is 3.00. The highest BCUT2D eigenvalue weighted by Gasteiger charge is 2.29. The van der Waals surface area contributed by atoms with Crippen LogP contribution in [0, 0.1) is 0 Å². The number of nitrogens with zero attached hydrogens (tertiary/aromatic N) is 1. The maximum atomic E-state index is 12.8. The molecule has 0 radical (unpaired) electrons. The maximum Gasteiger partial charge on any atom is 0.244 e. The fourth-order valence-corrected chi connectivity index (χ4v) is 4.17. The minimum absolute atomic E-state index is 0.273. The monoisotopic (exact) mass is 404 g/mol. The Bertz CT molecular complexity index is 893. The molecule has 2 atom stereocenters. The van der Waals surface area contributed by atoms with Gasteiger partial charge in [-0.2, -0.15) is 0 Å². The van der Waals surface area contributed by atoms with Crippen molar-refractivity contribution in [2.45, 2.75) is 39.3 Å². The molecular formula is C21H28N2O4S. The number of carbonyl (C=O) groups excluding carboxylic acids is 1. The van der Waals surface area contributed by atoms with Crippen LogP contribution in [0.1, 0.15) is 37.9 Å². The summed E-state index contributed by atoms with van der Waals surface area (Å²) in [4.78, 5) is 12.8. The van der Waals surface area contributed by atoms with Gasteiger partial charge in [-0.05, 0) is 55.7 Å². The molecule has 0 aliphatic rings. The molecule has 2 aromatic carbocycles. The van der Waals surface area contributed by atoms with Crippen LogP contribution in [0.4, 0.5) is 5.69 Å². The van der Waals surface area contributed by atoms with Crippen LogP contribution in [0.3, 0.4) is 0 Å². The molecule has 0 saturated carbocycles. The summed E-state index contributed by atoms with van der Waals surface area (Å²) in [6.45, 7) is 5.47. The molecule has 28 heavy (non-hydrogen) atoms.